The lowest BCUT2D eigenvalue weighted by atomic mass is 9.80. The van der Waals surface area contributed by atoms with Gasteiger partial charge in [0, 0.05) is 23.6 Å². The first-order valence-corrected chi connectivity index (χ1v) is 13.2. The van der Waals surface area contributed by atoms with E-state index in [4.69, 9.17) is 23.8 Å². The molecule has 0 radical (unpaired) electrons. The largest absolute Gasteiger partial charge is 0.496 e. The maximum atomic E-state index is 6.41. The third-order valence-electron chi connectivity index (χ3n) is 7.99. The van der Waals surface area contributed by atoms with Crippen LogP contribution in [0.5, 0.6) is 5.75 Å². The number of nitrogens with zero attached hydrogens (tertiary/aromatic N) is 1. The van der Waals surface area contributed by atoms with E-state index in [2.05, 4.69) is 97.9 Å². The van der Waals surface area contributed by atoms with Crippen molar-refractivity contribution in [1.82, 2.24) is 4.98 Å². The van der Waals surface area contributed by atoms with Gasteiger partial charge in [0.05, 0.1) is 29.0 Å². The highest BCUT2D eigenvalue weighted by Gasteiger charge is 2.52. The van der Waals surface area contributed by atoms with E-state index in [1.165, 1.54) is 16.7 Å². The van der Waals surface area contributed by atoms with E-state index < -0.39 is 18.3 Å². The first kappa shape index (κ1) is 26.0. The topological polar surface area (TPSA) is 49.8 Å². The summed E-state index contributed by atoms with van der Waals surface area (Å²) in [5.41, 5.74) is 4.71. The van der Waals surface area contributed by atoms with E-state index >= 15 is 0 Å². The van der Waals surface area contributed by atoms with Crippen molar-refractivity contribution in [2.24, 2.45) is 0 Å². The molecular formula is C31H38BNO4. The lowest BCUT2D eigenvalue weighted by Crippen LogP contribution is -2.41. The minimum atomic E-state index is -0.504. The monoisotopic (exact) mass is 499 g/mol. The molecule has 0 unspecified atom stereocenters. The van der Waals surface area contributed by atoms with E-state index in [1.807, 2.05) is 18.3 Å². The second-order valence-electron chi connectivity index (χ2n) is 12.2. The number of fused-ring (bicyclic) bond motifs is 1. The number of aromatic nitrogens is 1. The van der Waals surface area contributed by atoms with Crippen molar-refractivity contribution in [1.29, 1.82) is 0 Å². The molecule has 37 heavy (non-hydrogen) atoms. The summed E-state index contributed by atoms with van der Waals surface area (Å²) in [5, 5.41) is 0. The van der Waals surface area contributed by atoms with Crippen LogP contribution in [0.2, 0.25) is 0 Å². The molecule has 0 N–H and O–H groups in total. The smallest absolute Gasteiger partial charge is 0.491 e. The fourth-order valence-corrected chi connectivity index (χ4v) is 5.28. The summed E-state index contributed by atoms with van der Waals surface area (Å²) in [6.45, 7) is 17.3. The van der Waals surface area contributed by atoms with Crippen molar-refractivity contribution >= 4 is 12.6 Å². The maximum Gasteiger partial charge on any atom is 0.496 e. The van der Waals surface area contributed by atoms with Crippen molar-refractivity contribution in [3.05, 3.63) is 77.5 Å². The van der Waals surface area contributed by atoms with Crippen molar-refractivity contribution in [3.8, 4) is 17.0 Å². The van der Waals surface area contributed by atoms with Crippen LogP contribution in [-0.4, -0.2) is 29.9 Å². The van der Waals surface area contributed by atoms with Gasteiger partial charge in [-0.25, -0.2) is 0 Å². The van der Waals surface area contributed by atoms with Gasteiger partial charge in [-0.3, -0.25) is 4.98 Å². The minimum Gasteiger partial charge on any atom is -0.491 e. The Kier molecular flexibility index (Phi) is 6.29. The second kappa shape index (κ2) is 8.97. The van der Waals surface area contributed by atoms with Gasteiger partial charge >= 0.3 is 7.12 Å². The van der Waals surface area contributed by atoms with Gasteiger partial charge in [0.25, 0.3) is 0 Å². The van der Waals surface area contributed by atoms with Crippen LogP contribution in [0.25, 0.3) is 11.3 Å². The maximum absolute atomic E-state index is 6.41. The van der Waals surface area contributed by atoms with Gasteiger partial charge in [-0.1, -0.05) is 42.5 Å². The number of hydrogen-bond donors (Lipinski definition) is 0. The highest BCUT2D eigenvalue weighted by molar-refractivity contribution is 6.62. The van der Waals surface area contributed by atoms with Crippen molar-refractivity contribution in [3.63, 3.8) is 0 Å². The molecule has 0 atom stereocenters. The Balaban J connectivity index is 1.50. The first-order valence-electron chi connectivity index (χ1n) is 13.2. The molecule has 2 aromatic carbocycles. The molecule has 6 heteroatoms. The molecule has 5 rings (SSSR count). The van der Waals surface area contributed by atoms with Crippen LogP contribution in [0.3, 0.4) is 0 Å². The zero-order valence-electron chi connectivity index (χ0n) is 23.3. The van der Waals surface area contributed by atoms with Crippen LogP contribution in [0.4, 0.5) is 0 Å². The van der Waals surface area contributed by atoms with Gasteiger partial charge in [0.15, 0.2) is 0 Å². The van der Waals surface area contributed by atoms with Crippen LogP contribution in [0, 0.1) is 0 Å². The Hall–Kier alpha value is -2.67. The average molecular weight is 499 g/mol. The van der Waals surface area contributed by atoms with E-state index in [9.17, 15) is 0 Å². The zero-order chi connectivity index (χ0) is 26.6. The fourth-order valence-electron chi connectivity index (χ4n) is 5.28. The third-order valence-corrected chi connectivity index (χ3v) is 7.99. The second-order valence-corrected chi connectivity index (χ2v) is 12.2. The molecule has 0 saturated carbocycles. The molecule has 2 aliphatic rings. The summed E-state index contributed by atoms with van der Waals surface area (Å²) in [6.07, 6.45) is 2.65. The Bertz CT molecular complexity index is 1280. The van der Waals surface area contributed by atoms with E-state index in [-0.39, 0.29) is 11.2 Å². The Morgan fingerprint density at radius 3 is 2.11 bits per heavy atom. The molecule has 1 aromatic heterocycles. The molecule has 0 bridgehead atoms. The Morgan fingerprint density at radius 2 is 1.43 bits per heavy atom. The molecule has 3 heterocycles. The molecule has 5 nitrogen and oxygen atoms in total. The average Bonchev–Trinajstić information content (AvgIpc) is 3.16. The van der Waals surface area contributed by atoms with E-state index in [0.29, 0.717) is 6.61 Å². The highest BCUT2D eigenvalue weighted by Crippen LogP contribution is 2.48. The van der Waals surface area contributed by atoms with Gasteiger partial charge < -0.3 is 18.8 Å². The van der Waals surface area contributed by atoms with Crippen molar-refractivity contribution in [2.45, 2.75) is 84.2 Å². The highest BCUT2D eigenvalue weighted by atomic mass is 16.7. The molecule has 0 aliphatic carbocycles. The van der Waals surface area contributed by atoms with E-state index in [0.717, 1.165) is 28.9 Å². The molecule has 0 spiro atoms. The standard InChI is InChI=1S/C31H38BNO4/c1-28(2)24-15-14-22(18-25(24)29(3,4)35-28)27-26(34-17-16-21-12-10-9-11-13-21)19-23(20-33-27)32-36-30(5,6)31(7,8)37-32/h9-15,18-20H,16-17H2,1-8H3. The summed E-state index contributed by atoms with van der Waals surface area (Å²) < 4.78 is 25.4. The number of rotatable bonds is 6. The quantitative estimate of drug-likeness (QED) is 0.380. The van der Waals surface area contributed by atoms with Gasteiger partial charge in [-0.15, -0.1) is 0 Å². The number of hydrogen-bond acceptors (Lipinski definition) is 5. The third kappa shape index (κ3) is 4.83. The molecular weight excluding hydrogens is 461 g/mol. The predicted molar refractivity (Wildman–Crippen MR) is 148 cm³/mol. The molecule has 194 valence electrons. The van der Waals surface area contributed by atoms with Crippen LogP contribution >= 0.6 is 0 Å². The molecule has 2 aliphatic heterocycles. The zero-order valence-corrected chi connectivity index (χ0v) is 23.3. The lowest BCUT2D eigenvalue weighted by molar-refractivity contribution is -0.105. The summed E-state index contributed by atoms with van der Waals surface area (Å²) in [6, 6.07) is 18.9. The van der Waals surface area contributed by atoms with Gasteiger partial charge in [0.2, 0.25) is 0 Å². The van der Waals surface area contributed by atoms with Crippen LogP contribution in [-0.2, 0) is 31.7 Å². The van der Waals surface area contributed by atoms with Crippen molar-refractivity contribution in [2.75, 3.05) is 6.61 Å². The molecule has 3 aromatic rings. The minimum absolute atomic E-state index is 0.333. The van der Waals surface area contributed by atoms with E-state index in [1.54, 1.807) is 0 Å². The van der Waals surface area contributed by atoms with Gasteiger partial charge in [-0.05, 0) is 84.2 Å². The van der Waals surface area contributed by atoms with Gasteiger partial charge in [0.1, 0.15) is 11.4 Å². The SMILES string of the molecule is CC1(C)OC(C)(C)c2cc(-c3ncc(B4OC(C)(C)C(C)(C)O4)cc3OCCc3ccccc3)ccc21. The number of pyridine rings is 1. The first-order chi connectivity index (χ1) is 17.3. The summed E-state index contributed by atoms with van der Waals surface area (Å²) >= 11 is 0. The lowest BCUT2D eigenvalue weighted by Gasteiger charge is -2.32. The van der Waals surface area contributed by atoms with Crippen LogP contribution < -0.4 is 10.2 Å². The summed E-state index contributed by atoms with van der Waals surface area (Å²) in [5.74, 6) is 0.721. The molecule has 1 fully saturated rings. The Morgan fingerprint density at radius 1 is 0.784 bits per heavy atom. The Labute approximate surface area is 221 Å². The fraction of sp³-hybridized carbons (Fsp3) is 0.452. The molecule has 0 amide bonds. The van der Waals surface area contributed by atoms with Gasteiger partial charge in [-0.2, -0.15) is 0 Å². The van der Waals surface area contributed by atoms with Crippen molar-refractivity contribution < 1.29 is 18.8 Å². The number of benzene rings is 2. The number of ether oxygens (including phenoxy) is 2. The molecule has 1 saturated heterocycles. The normalized spacial score (nSPS) is 20.6. The summed E-state index contributed by atoms with van der Waals surface area (Å²) in [7, 11) is -0.504. The van der Waals surface area contributed by atoms with Crippen LogP contribution in [0.1, 0.15) is 72.1 Å². The van der Waals surface area contributed by atoms with Crippen LogP contribution in [0.15, 0.2) is 60.8 Å². The predicted octanol–water partition coefficient (Wildman–Crippen LogP) is 6.17. The summed E-state index contributed by atoms with van der Waals surface area (Å²) in [4.78, 5) is 4.90.